The number of rotatable bonds is 6. The Morgan fingerprint density at radius 1 is 1.35 bits per heavy atom. The molecule has 20 heavy (non-hydrogen) atoms. The highest BCUT2D eigenvalue weighted by Gasteiger charge is 2.36. The molecular formula is C13H19F3N4. The van der Waals surface area contributed by atoms with E-state index in [9.17, 15) is 13.2 Å². The van der Waals surface area contributed by atoms with Gasteiger partial charge in [-0.05, 0) is 19.3 Å². The maximum absolute atomic E-state index is 12.9. The monoisotopic (exact) mass is 288 g/mol. The minimum atomic E-state index is -4.46. The number of halogens is 3. The zero-order chi connectivity index (χ0) is 14.8. The van der Waals surface area contributed by atoms with Crippen molar-refractivity contribution in [1.82, 2.24) is 9.97 Å². The number of nitrogens with one attached hydrogen (secondary N) is 1. The first-order chi connectivity index (χ1) is 9.45. The van der Waals surface area contributed by atoms with Crippen LogP contribution in [0.1, 0.15) is 38.3 Å². The molecule has 0 bridgehead atoms. The maximum atomic E-state index is 12.9. The van der Waals surface area contributed by atoms with Gasteiger partial charge in [0.05, 0.1) is 0 Å². The molecule has 1 aliphatic carbocycles. The number of anilines is 2. The number of hydrogen-bond donors (Lipinski definition) is 1. The van der Waals surface area contributed by atoms with Crippen LogP contribution in [0.5, 0.6) is 0 Å². The van der Waals surface area contributed by atoms with Crippen molar-refractivity contribution in [3.63, 3.8) is 0 Å². The fourth-order valence-electron chi connectivity index (χ4n) is 2.04. The van der Waals surface area contributed by atoms with Gasteiger partial charge in [-0.1, -0.05) is 13.3 Å². The molecular weight excluding hydrogens is 269 g/mol. The van der Waals surface area contributed by atoms with Crippen molar-refractivity contribution in [1.29, 1.82) is 0 Å². The largest absolute Gasteiger partial charge is 0.433 e. The molecule has 1 aromatic rings. The van der Waals surface area contributed by atoms with Crippen molar-refractivity contribution in [2.24, 2.45) is 0 Å². The van der Waals surface area contributed by atoms with Crippen LogP contribution in [0.2, 0.25) is 0 Å². The molecule has 0 amide bonds. The molecule has 2 rings (SSSR count). The molecule has 0 unspecified atom stereocenters. The summed E-state index contributed by atoms with van der Waals surface area (Å²) in [7, 11) is 1.52. The summed E-state index contributed by atoms with van der Waals surface area (Å²) in [5.41, 5.74) is -0.894. The molecule has 0 aliphatic heterocycles. The van der Waals surface area contributed by atoms with Gasteiger partial charge >= 0.3 is 6.18 Å². The van der Waals surface area contributed by atoms with Crippen LogP contribution in [-0.4, -0.2) is 29.6 Å². The van der Waals surface area contributed by atoms with Crippen LogP contribution >= 0.6 is 0 Å². The van der Waals surface area contributed by atoms with Crippen molar-refractivity contribution in [2.75, 3.05) is 23.8 Å². The van der Waals surface area contributed by atoms with Gasteiger partial charge in [0.15, 0.2) is 5.69 Å². The lowest BCUT2D eigenvalue weighted by atomic mass is 10.3. The number of nitrogens with zero attached hydrogens (tertiary/aromatic N) is 3. The number of hydrogen-bond acceptors (Lipinski definition) is 4. The second kappa shape index (κ2) is 5.85. The van der Waals surface area contributed by atoms with Crippen molar-refractivity contribution >= 4 is 11.8 Å². The molecule has 4 nitrogen and oxygen atoms in total. The Labute approximate surface area is 116 Å². The SMILES string of the molecule is CCCCN(c1cc(C(F)(F)F)nc(NC)n1)C1CC1. The summed E-state index contributed by atoms with van der Waals surface area (Å²) in [6.07, 6.45) is -0.479. The molecule has 1 aliphatic rings. The fourth-order valence-corrected chi connectivity index (χ4v) is 2.04. The summed E-state index contributed by atoms with van der Waals surface area (Å²) in [4.78, 5) is 9.65. The lowest BCUT2D eigenvalue weighted by Gasteiger charge is -2.24. The van der Waals surface area contributed by atoms with Gasteiger partial charge in [0, 0.05) is 25.7 Å². The molecule has 0 radical (unpaired) electrons. The summed E-state index contributed by atoms with van der Waals surface area (Å²) in [6, 6.07) is 1.37. The van der Waals surface area contributed by atoms with E-state index < -0.39 is 11.9 Å². The van der Waals surface area contributed by atoms with Gasteiger partial charge in [-0.2, -0.15) is 18.2 Å². The average Bonchev–Trinajstić information content (AvgIpc) is 3.22. The summed E-state index contributed by atoms with van der Waals surface area (Å²) >= 11 is 0. The summed E-state index contributed by atoms with van der Waals surface area (Å²) in [6.45, 7) is 2.80. The molecule has 1 fully saturated rings. The van der Waals surface area contributed by atoms with Crippen LogP contribution in [0.25, 0.3) is 0 Å². The third-order valence-corrected chi connectivity index (χ3v) is 3.26. The van der Waals surface area contributed by atoms with Crippen LogP contribution in [0.3, 0.4) is 0 Å². The van der Waals surface area contributed by atoms with E-state index in [-0.39, 0.29) is 5.95 Å². The lowest BCUT2D eigenvalue weighted by molar-refractivity contribution is -0.141. The molecule has 0 spiro atoms. The zero-order valence-corrected chi connectivity index (χ0v) is 11.7. The van der Waals surface area contributed by atoms with Crippen molar-refractivity contribution in [2.45, 2.75) is 44.8 Å². The van der Waals surface area contributed by atoms with E-state index in [4.69, 9.17) is 0 Å². The highest BCUT2D eigenvalue weighted by Crippen LogP contribution is 2.35. The van der Waals surface area contributed by atoms with Gasteiger partial charge < -0.3 is 10.2 Å². The van der Waals surface area contributed by atoms with E-state index in [1.54, 1.807) is 0 Å². The van der Waals surface area contributed by atoms with Gasteiger partial charge in [0.2, 0.25) is 5.95 Å². The van der Waals surface area contributed by atoms with Crippen LogP contribution in [-0.2, 0) is 6.18 Å². The lowest BCUT2D eigenvalue weighted by Crippen LogP contribution is -2.28. The average molecular weight is 288 g/mol. The second-order valence-corrected chi connectivity index (χ2v) is 4.96. The molecule has 0 saturated heterocycles. The fraction of sp³-hybridized carbons (Fsp3) is 0.692. The van der Waals surface area contributed by atoms with Gasteiger partial charge in [0.25, 0.3) is 0 Å². The smallest absolute Gasteiger partial charge is 0.357 e. The Kier molecular flexibility index (Phi) is 4.35. The molecule has 112 valence electrons. The predicted octanol–water partition coefficient (Wildman–Crippen LogP) is 3.31. The van der Waals surface area contributed by atoms with E-state index in [0.717, 1.165) is 38.3 Å². The first-order valence-corrected chi connectivity index (χ1v) is 6.86. The molecule has 7 heteroatoms. The quantitative estimate of drug-likeness (QED) is 0.872. The summed E-state index contributed by atoms with van der Waals surface area (Å²) in [5.74, 6) is 0.379. The Hall–Kier alpha value is -1.53. The van der Waals surface area contributed by atoms with E-state index in [1.165, 1.54) is 7.05 Å². The number of unbranched alkanes of at least 4 members (excludes halogenated alkanes) is 1. The Balaban J connectivity index is 2.32. The third kappa shape index (κ3) is 3.52. The van der Waals surface area contributed by atoms with E-state index in [0.29, 0.717) is 11.9 Å². The maximum Gasteiger partial charge on any atom is 0.433 e. The van der Waals surface area contributed by atoms with E-state index >= 15 is 0 Å². The first kappa shape index (κ1) is 14.9. The number of aromatic nitrogens is 2. The van der Waals surface area contributed by atoms with Crippen molar-refractivity contribution in [3.8, 4) is 0 Å². The summed E-state index contributed by atoms with van der Waals surface area (Å²) < 4.78 is 38.6. The van der Waals surface area contributed by atoms with E-state index in [2.05, 4.69) is 22.2 Å². The van der Waals surface area contributed by atoms with Gasteiger partial charge in [0.1, 0.15) is 5.82 Å². The summed E-state index contributed by atoms with van der Waals surface area (Å²) in [5, 5.41) is 2.60. The highest BCUT2D eigenvalue weighted by atomic mass is 19.4. The molecule has 1 heterocycles. The van der Waals surface area contributed by atoms with E-state index in [1.807, 2.05) is 4.90 Å². The Morgan fingerprint density at radius 2 is 2.05 bits per heavy atom. The first-order valence-electron chi connectivity index (χ1n) is 6.86. The third-order valence-electron chi connectivity index (χ3n) is 3.26. The van der Waals surface area contributed by atoms with Gasteiger partial charge in [-0.15, -0.1) is 0 Å². The molecule has 0 aromatic carbocycles. The second-order valence-electron chi connectivity index (χ2n) is 4.96. The molecule has 1 aromatic heterocycles. The Bertz CT molecular complexity index is 457. The van der Waals surface area contributed by atoms with Gasteiger partial charge in [-0.25, -0.2) is 4.98 Å². The minimum absolute atomic E-state index is 0.0111. The Morgan fingerprint density at radius 3 is 2.55 bits per heavy atom. The predicted molar refractivity (Wildman–Crippen MR) is 71.9 cm³/mol. The topological polar surface area (TPSA) is 41.1 Å². The highest BCUT2D eigenvalue weighted by molar-refractivity contribution is 5.47. The normalized spacial score (nSPS) is 15.2. The van der Waals surface area contributed by atoms with Crippen LogP contribution in [0.15, 0.2) is 6.07 Å². The van der Waals surface area contributed by atoms with Crippen molar-refractivity contribution in [3.05, 3.63) is 11.8 Å². The van der Waals surface area contributed by atoms with Gasteiger partial charge in [-0.3, -0.25) is 0 Å². The zero-order valence-electron chi connectivity index (χ0n) is 11.7. The van der Waals surface area contributed by atoms with Crippen molar-refractivity contribution < 1.29 is 13.2 Å². The number of alkyl halides is 3. The molecule has 0 atom stereocenters. The molecule has 1 N–H and O–H groups in total. The van der Waals surface area contributed by atoms with Crippen LogP contribution in [0.4, 0.5) is 24.9 Å². The minimum Gasteiger partial charge on any atom is -0.357 e. The van der Waals surface area contributed by atoms with Crippen LogP contribution in [0, 0.1) is 0 Å². The standard InChI is InChI=1S/C13H19F3N4/c1-3-4-7-20(9-5-6-9)11-8-10(13(14,15)16)18-12(17-2)19-11/h8-9H,3-7H2,1-2H3,(H,17,18,19). The molecule has 1 saturated carbocycles. The van der Waals surface area contributed by atoms with Crippen LogP contribution < -0.4 is 10.2 Å².